The van der Waals surface area contributed by atoms with Crippen molar-refractivity contribution in [2.24, 2.45) is 0 Å². The zero-order valence-corrected chi connectivity index (χ0v) is 9.26. The molecule has 0 aromatic heterocycles. The quantitative estimate of drug-likeness (QED) is 0.566. The third-order valence-electron chi connectivity index (χ3n) is 2.14. The molecule has 0 aliphatic heterocycles. The minimum absolute atomic E-state index is 0.994. The average Bonchev–Trinajstić information content (AvgIpc) is 2.22. The molecule has 2 nitrogen and oxygen atoms in total. The van der Waals surface area contributed by atoms with E-state index in [1.165, 1.54) is 0 Å². The Morgan fingerprint density at radius 3 is 2.57 bits per heavy atom. The summed E-state index contributed by atoms with van der Waals surface area (Å²) in [7, 11) is 1.96. The summed E-state index contributed by atoms with van der Waals surface area (Å²) in [6.45, 7) is 14.4. The van der Waals surface area contributed by atoms with Crippen LogP contribution in [0.3, 0.4) is 0 Å². The summed E-state index contributed by atoms with van der Waals surface area (Å²) >= 11 is 0. The van der Waals surface area contributed by atoms with Crippen LogP contribution < -0.4 is 5.32 Å². The van der Waals surface area contributed by atoms with Crippen LogP contribution in [0.15, 0.2) is 37.6 Å². The molecule has 0 rings (SSSR count). The molecular formula is C12H22N2. The number of allylic oxidation sites excluding steroid dienone is 2. The van der Waals surface area contributed by atoms with Crippen molar-refractivity contribution < 1.29 is 0 Å². The van der Waals surface area contributed by atoms with Gasteiger partial charge in [-0.05, 0) is 26.1 Å². The highest BCUT2D eigenvalue weighted by atomic mass is 15.1. The van der Waals surface area contributed by atoms with E-state index in [9.17, 15) is 0 Å². The first kappa shape index (κ1) is 13.0. The van der Waals surface area contributed by atoms with Gasteiger partial charge >= 0.3 is 0 Å². The van der Waals surface area contributed by atoms with Gasteiger partial charge in [0, 0.05) is 19.6 Å². The van der Waals surface area contributed by atoms with Gasteiger partial charge in [-0.3, -0.25) is 0 Å². The Hall–Kier alpha value is -1.02. The molecule has 0 unspecified atom stereocenters. The standard InChI is InChI=1S/C12H22N2/c1-5-12(3)8-7-10-14(6-2)11-9-13-4/h5-6,13H,1-3,7-11H2,4H3. The summed E-state index contributed by atoms with van der Waals surface area (Å²) in [5, 5.41) is 3.12. The largest absolute Gasteiger partial charge is 0.377 e. The molecule has 1 N–H and O–H groups in total. The lowest BCUT2D eigenvalue weighted by Gasteiger charge is -2.19. The van der Waals surface area contributed by atoms with Gasteiger partial charge in [-0.25, -0.2) is 0 Å². The number of nitrogens with one attached hydrogen (secondary N) is 1. The van der Waals surface area contributed by atoms with Crippen LogP contribution >= 0.6 is 0 Å². The van der Waals surface area contributed by atoms with Crippen molar-refractivity contribution in [1.29, 1.82) is 0 Å². The second kappa shape index (κ2) is 8.57. The van der Waals surface area contributed by atoms with Crippen molar-refractivity contribution in [1.82, 2.24) is 10.2 Å². The molecule has 14 heavy (non-hydrogen) atoms. The molecule has 0 aromatic carbocycles. The van der Waals surface area contributed by atoms with Crippen LogP contribution in [0.2, 0.25) is 0 Å². The summed E-state index contributed by atoms with van der Waals surface area (Å²) in [5.74, 6) is 0. The third-order valence-corrected chi connectivity index (χ3v) is 2.14. The van der Waals surface area contributed by atoms with Gasteiger partial charge in [0.25, 0.3) is 0 Å². The highest BCUT2D eigenvalue weighted by Crippen LogP contribution is 2.04. The number of rotatable bonds is 9. The number of likely N-dealkylation sites (N-methyl/N-ethyl adjacent to an activating group) is 1. The molecule has 0 aromatic rings. The molecule has 0 aliphatic carbocycles. The van der Waals surface area contributed by atoms with Crippen molar-refractivity contribution in [3.63, 3.8) is 0 Å². The van der Waals surface area contributed by atoms with Crippen LogP contribution in [0.1, 0.15) is 12.8 Å². The Balaban J connectivity index is 3.56. The smallest absolute Gasteiger partial charge is 0.0297 e. The van der Waals surface area contributed by atoms with Gasteiger partial charge < -0.3 is 10.2 Å². The maximum Gasteiger partial charge on any atom is 0.0297 e. The Morgan fingerprint density at radius 2 is 2.07 bits per heavy atom. The fourth-order valence-electron chi connectivity index (χ4n) is 1.16. The molecule has 0 atom stereocenters. The van der Waals surface area contributed by atoms with Crippen molar-refractivity contribution in [3.8, 4) is 0 Å². The fourth-order valence-corrected chi connectivity index (χ4v) is 1.16. The molecule has 0 heterocycles. The van der Waals surface area contributed by atoms with Crippen molar-refractivity contribution in [3.05, 3.63) is 37.6 Å². The van der Waals surface area contributed by atoms with Crippen LogP contribution in [0.25, 0.3) is 0 Å². The summed E-state index contributed by atoms with van der Waals surface area (Å²) < 4.78 is 0. The van der Waals surface area contributed by atoms with E-state index < -0.39 is 0 Å². The van der Waals surface area contributed by atoms with E-state index in [1.54, 1.807) is 0 Å². The summed E-state index contributed by atoms with van der Waals surface area (Å²) in [6, 6.07) is 0. The molecule has 80 valence electrons. The Bertz CT molecular complexity index is 185. The first-order valence-corrected chi connectivity index (χ1v) is 5.06. The normalized spacial score (nSPS) is 9.50. The van der Waals surface area contributed by atoms with Crippen molar-refractivity contribution in [2.75, 3.05) is 26.7 Å². The number of nitrogens with zero attached hydrogens (tertiary/aromatic N) is 1. The predicted octanol–water partition coefficient (Wildman–Crippen LogP) is 2.17. The Kier molecular flexibility index (Phi) is 7.95. The maximum absolute atomic E-state index is 3.88. The monoisotopic (exact) mass is 194 g/mol. The van der Waals surface area contributed by atoms with E-state index in [1.807, 2.05) is 19.3 Å². The molecule has 2 heteroatoms. The summed E-state index contributed by atoms with van der Waals surface area (Å²) in [6.07, 6.45) is 5.86. The molecule has 0 radical (unpaired) electrons. The second-order valence-electron chi connectivity index (χ2n) is 3.29. The van der Waals surface area contributed by atoms with E-state index in [0.29, 0.717) is 0 Å². The zero-order valence-electron chi connectivity index (χ0n) is 9.26. The van der Waals surface area contributed by atoms with Gasteiger partial charge in [-0.15, -0.1) is 0 Å². The lowest BCUT2D eigenvalue weighted by molar-refractivity contribution is 0.370. The van der Waals surface area contributed by atoms with Crippen LogP contribution in [0, 0.1) is 0 Å². The van der Waals surface area contributed by atoms with Crippen molar-refractivity contribution in [2.45, 2.75) is 12.8 Å². The second-order valence-corrected chi connectivity index (χ2v) is 3.29. The summed E-state index contributed by atoms with van der Waals surface area (Å²) in [5.41, 5.74) is 1.11. The first-order chi connectivity index (χ1) is 6.74. The Labute approximate surface area is 88.0 Å². The first-order valence-electron chi connectivity index (χ1n) is 5.06. The minimum atomic E-state index is 0.994. The fraction of sp³-hybridized carbons (Fsp3) is 0.500. The minimum Gasteiger partial charge on any atom is -0.377 e. The Morgan fingerprint density at radius 1 is 1.36 bits per heavy atom. The third kappa shape index (κ3) is 6.49. The molecule has 0 aliphatic rings. The van der Waals surface area contributed by atoms with Gasteiger partial charge in [0.1, 0.15) is 0 Å². The van der Waals surface area contributed by atoms with Crippen LogP contribution in [0.4, 0.5) is 0 Å². The van der Waals surface area contributed by atoms with Crippen LogP contribution in [-0.4, -0.2) is 31.6 Å². The van der Waals surface area contributed by atoms with Gasteiger partial charge in [0.15, 0.2) is 0 Å². The van der Waals surface area contributed by atoms with Gasteiger partial charge in [-0.1, -0.05) is 31.4 Å². The SMILES string of the molecule is C=CC(=C)CCCN(C=C)CCNC. The highest BCUT2D eigenvalue weighted by molar-refractivity contribution is 5.10. The van der Waals surface area contributed by atoms with Gasteiger partial charge in [0.05, 0.1) is 0 Å². The average molecular weight is 194 g/mol. The van der Waals surface area contributed by atoms with Gasteiger partial charge in [0.2, 0.25) is 0 Å². The molecule has 0 amide bonds. The molecule has 0 spiro atoms. The van der Waals surface area contributed by atoms with E-state index in [0.717, 1.165) is 38.0 Å². The van der Waals surface area contributed by atoms with Crippen molar-refractivity contribution >= 4 is 0 Å². The van der Waals surface area contributed by atoms with E-state index in [4.69, 9.17) is 0 Å². The van der Waals surface area contributed by atoms with E-state index in [-0.39, 0.29) is 0 Å². The maximum atomic E-state index is 3.88. The molecule has 0 bridgehead atoms. The zero-order chi connectivity index (χ0) is 10.8. The molecule has 0 saturated heterocycles. The lowest BCUT2D eigenvalue weighted by Crippen LogP contribution is -2.27. The van der Waals surface area contributed by atoms with Crippen LogP contribution in [-0.2, 0) is 0 Å². The van der Waals surface area contributed by atoms with Gasteiger partial charge in [-0.2, -0.15) is 0 Å². The molecule has 0 saturated carbocycles. The number of hydrogen-bond acceptors (Lipinski definition) is 2. The van der Waals surface area contributed by atoms with E-state index in [2.05, 4.69) is 30.0 Å². The molecular weight excluding hydrogens is 172 g/mol. The summed E-state index contributed by atoms with van der Waals surface area (Å²) in [4.78, 5) is 2.22. The predicted molar refractivity (Wildman–Crippen MR) is 64.3 cm³/mol. The number of hydrogen-bond donors (Lipinski definition) is 1. The van der Waals surface area contributed by atoms with Crippen LogP contribution in [0.5, 0.6) is 0 Å². The topological polar surface area (TPSA) is 15.3 Å². The highest BCUT2D eigenvalue weighted by Gasteiger charge is 1.97. The van der Waals surface area contributed by atoms with E-state index >= 15 is 0 Å². The lowest BCUT2D eigenvalue weighted by atomic mass is 10.1. The molecule has 0 fully saturated rings.